The molecule has 6 fully saturated rings. The molecule has 30 rings (SSSR count). The van der Waals surface area contributed by atoms with Gasteiger partial charge in [0.2, 0.25) is 0 Å². The van der Waals surface area contributed by atoms with Crippen molar-refractivity contribution in [2.24, 2.45) is 24.1 Å². The predicted octanol–water partition coefficient (Wildman–Crippen LogP) is 10.4. The van der Waals surface area contributed by atoms with Crippen molar-refractivity contribution >= 4 is 139 Å². The number of nitrogens with one attached hydrogen (secondary N) is 6. The van der Waals surface area contributed by atoms with Gasteiger partial charge in [-0.05, 0) is 134 Å². The fourth-order valence-electron chi connectivity index (χ4n) is 22.5. The quantitative estimate of drug-likeness (QED) is 0.0823. The molecule has 141 heavy (non-hydrogen) atoms. The summed E-state index contributed by atoms with van der Waals surface area (Å²) in [5.74, 6) is 4.08. The maximum Gasteiger partial charge on any atom is 0.280 e. The van der Waals surface area contributed by atoms with Gasteiger partial charge in [-0.15, -0.1) is 20.4 Å². The lowest BCUT2D eigenvalue weighted by Crippen LogP contribution is -2.42. The molecule has 0 unspecified atom stereocenters. The molecule has 0 aromatic carbocycles. The summed E-state index contributed by atoms with van der Waals surface area (Å²) >= 11 is 0. The number of ether oxygens (including phenoxy) is 6. The smallest absolute Gasteiger partial charge is 0.280 e. The van der Waals surface area contributed by atoms with E-state index in [2.05, 4.69) is 156 Å². The van der Waals surface area contributed by atoms with Crippen LogP contribution in [0.2, 0.25) is 0 Å². The maximum atomic E-state index is 13.3. The Morgan fingerprint density at radius 2 is 0.801 bits per heavy atom. The van der Waals surface area contributed by atoms with E-state index in [1.807, 2.05) is 117 Å². The molecule has 42 heteroatoms. The van der Waals surface area contributed by atoms with Gasteiger partial charge >= 0.3 is 0 Å². The third kappa shape index (κ3) is 15.6. The maximum absolute atomic E-state index is 13.3. The van der Waals surface area contributed by atoms with Crippen molar-refractivity contribution in [1.82, 2.24) is 139 Å². The second-order valence-corrected chi connectivity index (χ2v) is 38.1. The summed E-state index contributed by atoms with van der Waals surface area (Å²) in [7, 11) is 3.77. The number of hydrogen-bond acceptors (Lipinski definition) is 30. The lowest BCUT2D eigenvalue weighted by molar-refractivity contribution is 0.0696. The standard InChI is InChI=1S/C18H22N6O.C17H20N6O.C16H16N6O2.C16H18N6O.C16H15N5O2.C16H17N5O/c1-11(2)24-9-13-15(22-24)10-23(12-4-7-25-8-5-12)18-16-14(3-6-19-18)20-21-17(13)16;1-2-22-9-12-14(21-22)10-23(11-4-7-24-8-5-11)17-15-13(3-6-18-17)19-20-16(12)15;1-21-8-10-13-12-11(18-19-13)2-5-17-15(12)22(16(23)14(10)20-21)9-3-6-24-7-4-9;1-21-8-11-13(20-21)9-22(10-3-6-23-7-4-10)16-14-12(2-5-17-16)18-19-15(11)14;22-16-14-10(1-5-17-14)13-12-11(19-20-13)2-6-18-15(12)21(16)9-3-7-23-8-4-9;1-5-17-13-9-21(10-3-7-22-8-4-10)16-14-12(2-6-18-16)19-20-15(14)11(1)13/h3,6,9,11-12H,4-5,7-8,10H2,1-2H3,(H,20,21);3,6,9,11H,2,4-5,7-8,10H2,1H3,(H,19,20);2,5,8-9,17H,3-4,6-7H2,1H3;2,5,8,10H,3-4,6-7,9H2,1H3,(H,18,19);1-2,6,9,18H,3-5,7-8H2;1-2,6,10H,3-5,7-9H2,(H,19,20). The number of rotatable bonds is 8. The van der Waals surface area contributed by atoms with Gasteiger partial charge in [-0.2, -0.15) is 40.8 Å². The van der Waals surface area contributed by atoms with Gasteiger partial charge in [0.15, 0.2) is 5.52 Å². The topological polar surface area (TPSA) is 458 Å². The molecule has 0 amide bonds. The Kier molecular flexibility index (Phi) is 22.9. The summed E-state index contributed by atoms with van der Waals surface area (Å²) in [5, 5.41) is 75.1. The van der Waals surface area contributed by atoms with Gasteiger partial charge in [-0.1, -0.05) is 12.2 Å². The molecule has 722 valence electrons. The average molecular weight is 1900 g/mol. The van der Waals surface area contributed by atoms with E-state index in [4.69, 9.17) is 58.6 Å². The highest BCUT2D eigenvalue weighted by Crippen LogP contribution is 2.46. The fourth-order valence-corrected chi connectivity index (χ4v) is 22.5. The molecule has 0 aliphatic carbocycles. The van der Waals surface area contributed by atoms with E-state index < -0.39 is 0 Å². The minimum atomic E-state index is -0.0979. The van der Waals surface area contributed by atoms with Crippen LogP contribution in [-0.2, 0) is 68.7 Å². The Labute approximate surface area is 804 Å². The monoisotopic (exact) mass is 1900 g/mol. The molecule has 18 aromatic heterocycles. The average Bonchev–Trinajstić information content (AvgIpc) is 1.84. The van der Waals surface area contributed by atoms with E-state index in [1.165, 1.54) is 5.57 Å². The number of aromatic nitrogens is 28. The van der Waals surface area contributed by atoms with Crippen molar-refractivity contribution in [3.63, 3.8) is 0 Å². The Bertz CT molecular complexity index is 8160. The van der Waals surface area contributed by atoms with Crippen LogP contribution in [0.3, 0.4) is 0 Å². The Morgan fingerprint density at radius 3 is 1.28 bits per heavy atom. The highest BCUT2D eigenvalue weighted by atomic mass is 16.5. The first-order chi connectivity index (χ1) is 69.4. The van der Waals surface area contributed by atoms with Gasteiger partial charge < -0.3 is 58.0 Å². The first-order valence-corrected chi connectivity index (χ1v) is 49.3. The van der Waals surface area contributed by atoms with Crippen molar-refractivity contribution < 1.29 is 28.4 Å². The summed E-state index contributed by atoms with van der Waals surface area (Å²) in [6, 6.07) is 14.0. The molecule has 42 nitrogen and oxygen atoms in total. The third-order valence-electron chi connectivity index (χ3n) is 29.5. The highest BCUT2D eigenvalue weighted by molar-refractivity contribution is 6.30. The molecule has 30 heterocycles. The van der Waals surface area contributed by atoms with Gasteiger partial charge in [-0.25, -0.2) is 19.9 Å². The number of anilines is 4. The first-order valence-electron chi connectivity index (χ1n) is 49.3. The van der Waals surface area contributed by atoms with Crippen molar-refractivity contribution in [3.8, 4) is 33.8 Å². The van der Waals surface area contributed by atoms with Crippen molar-refractivity contribution in [3.05, 3.63) is 159 Å². The molecule has 18 aromatic rings. The zero-order chi connectivity index (χ0) is 94.6. The van der Waals surface area contributed by atoms with Gasteiger partial charge in [0, 0.05) is 232 Å². The Hall–Kier alpha value is -14.7. The van der Waals surface area contributed by atoms with Gasteiger partial charge in [-0.3, -0.25) is 67.8 Å². The molecule has 0 saturated carbocycles. The SMILES string of the molecule is C1=C2C(=NC1)CN(C1CCOCC1)c1nccc3[nH]nc2c13.CC(C)n1cc2c(n1)CN(C1CCOCC1)c1nccc3[nH]nc-2c13.CCn1cc2c(n1)CN(C1CCOCC1)c1nccc3[nH]nc-2c13.Cn1cc2c(n1)CN(C1CCOCC1)c1nccc3[nH]nc-2c13.Cn1cc2c(n1)c(=O)n(C1CCOCC1)c1[nH]ccc3nnc2c31.O=c1c2c(c3nnc4cc[nH]c(c43)n1C1CCOCC1)=CCN=2. The number of pyridine rings is 6. The number of nitrogens with zero attached hydrogens (tertiary/aromatic N) is 28. The minimum absolute atomic E-state index is 0.0533. The zero-order valence-electron chi connectivity index (χ0n) is 79.1. The van der Waals surface area contributed by atoms with Gasteiger partial charge in [0.1, 0.15) is 84.8 Å². The highest BCUT2D eigenvalue weighted by Gasteiger charge is 2.39. The second-order valence-electron chi connectivity index (χ2n) is 38.1. The van der Waals surface area contributed by atoms with Crippen LogP contribution in [0, 0.1) is 0 Å². The Balaban J connectivity index is 0.0000000891. The molecule has 12 aliphatic rings. The van der Waals surface area contributed by atoms with Gasteiger partial charge in [0.05, 0.1) is 122 Å². The summed E-state index contributed by atoms with van der Waals surface area (Å²) in [5.41, 5.74) is 21.7. The van der Waals surface area contributed by atoms with Gasteiger partial charge in [0.25, 0.3) is 11.1 Å². The fraction of sp³-hybridized carbons (Fsp3) is 0.434. The van der Waals surface area contributed by atoms with Crippen LogP contribution in [0.1, 0.15) is 139 Å². The summed E-state index contributed by atoms with van der Waals surface area (Å²) < 4.78 is 44.3. The molecular weight excluding hydrogens is 1790 g/mol. The minimum Gasteiger partial charge on any atom is -0.381 e. The molecule has 0 atom stereocenters. The van der Waals surface area contributed by atoms with Crippen LogP contribution in [0.5, 0.6) is 0 Å². The Morgan fingerprint density at radius 1 is 0.397 bits per heavy atom. The zero-order valence-corrected chi connectivity index (χ0v) is 79.1. The molecular formula is C99H108N34O8. The molecule has 0 radical (unpaired) electrons. The molecule has 0 spiro atoms. The van der Waals surface area contributed by atoms with E-state index in [-0.39, 0.29) is 23.2 Å². The van der Waals surface area contributed by atoms with Crippen molar-refractivity contribution in [2.45, 2.75) is 166 Å². The van der Waals surface area contributed by atoms with Crippen LogP contribution in [0.4, 0.5) is 23.3 Å². The molecule has 6 saturated heterocycles. The van der Waals surface area contributed by atoms with Crippen molar-refractivity contribution in [1.29, 1.82) is 0 Å². The number of aryl methyl sites for hydroxylation is 3. The number of hydrogen-bond donors (Lipinski definition) is 6. The van der Waals surface area contributed by atoms with Crippen LogP contribution in [0.25, 0.3) is 144 Å². The number of aromatic amines is 6. The van der Waals surface area contributed by atoms with E-state index in [1.54, 1.807) is 10.9 Å². The van der Waals surface area contributed by atoms with E-state index >= 15 is 0 Å². The van der Waals surface area contributed by atoms with E-state index in [9.17, 15) is 9.59 Å². The number of aliphatic imine (C=N–C) groups is 1. The largest absolute Gasteiger partial charge is 0.381 e. The number of H-pyrrole nitrogens is 6. The van der Waals surface area contributed by atoms with Crippen LogP contribution < -0.4 is 41.3 Å². The number of fused-ring (bicyclic) bond motifs is 12. The van der Waals surface area contributed by atoms with E-state index in [0.29, 0.717) is 79.6 Å². The first kappa shape index (κ1) is 87.8. The lowest BCUT2D eigenvalue weighted by Gasteiger charge is -2.34. The summed E-state index contributed by atoms with van der Waals surface area (Å²) in [4.78, 5) is 70.5. The third-order valence-corrected chi connectivity index (χ3v) is 29.5. The normalized spacial score (nSPS) is 18.3. The predicted molar refractivity (Wildman–Crippen MR) is 532 cm³/mol. The summed E-state index contributed by atoms with van der Waals surface area (Å²) in [6.45, 7) is 20.8. The van der Waals surface area contributed by atoms with Crippen molar-refractivity contribution in [2.75, 3.05) is 119 Å². The van der Waals surface area contributed by atoms with Crippen LogP contribution in [-0.4, -0.2) is 268 Å². The van der Waals surface area contributed by atoms with Crippen LogP contribution >= 0.6 is 0 Å². The molecule has 12 aliphatic heterocycles. The molecule has 0 bridgehead atoms. The van der Waals surface area contributed by atoms with E-state index in [0.717, 1.165) is 348 Å². The lowest BCUT2D eigenvalue weighted by atomic mass is 10.1. The molecule has 6 N–H and O–H groups in total. The summed E-state index contributed by atoms with van der Waals surface area (Å²) in [6.07, 6.45) is 34.8. The van der Waals surface area contributed by atoms with Crippen LogP contribution in [0.15, 0.2) is 124 Å². The second kappa shape index (κ2) is 36.8.